The molecule has 1 N–H and O–H groups in total. The van der Waals surface area contributed by atoms with Crippen molar-refractivity contribution in [1.82, 2.24) is 24.0 Å². The van der Waals surface area contributed by atoms with Crippen LogP contribution in [-0.2, 0) is 17.8 Å². The molecule has 7 nitrogen and oxygen atoms in total. The summed E-state index contributed by atoms with van der Waals surface area (Å²) in [6.07, 6.45) is 3.55. The molecular formula is C20H26N6O. The molecule has 142 valence electrons. The molecule has 3 aromatic rings. The first-order valence-corrected chi connectivity index (χ1v) is 9.44. The van der Waals surface area contributed by atoms with E-state index in [2.05, 4.69) is 28.3 Å². The number of rotatable bonds is 5. The summed E-state index contributed by atoms with van der Waals surface area (Å²) >= 11 is 0. The van der Waals surface area contributed by atoms with Crippen molar-refractivity contribution in [3.63, 3.8) is 0 Å². The predicted octanol–water partition coefficient (Wildman–Crippen LogP) is 1.71. The van der Waals surface area contributed by atoms with Gasteiger partial charge in [0.15, 0.2) is 0 Å². The van der Waals surface area contributed by atoms with Crippen molar-refractivity contribution in [1.29, 1.82) is 5.41 Å². The van der Waals surface area contributed by atoms with Gasteiger partial charge < -0.3 is 13.9 Å². The van der Waals surface area contributed by atoms with Gasteiger partial charge in [-0.3, -0.25) is 15.3 Å². The van der Waals surface area contributed by atoms with E-state index < -0.39 is 0 Å². The van der Waals surface area contributed by atoms with E-state index in [9.17, 15) is 0 Å². The first kappa shape index (κ1) is 17.9. The third kappa shape index (κ3) is 3.52. The van der Waals surface area contributed by atoms with Crippen LogP contribution >= 0.6 is 0 Å². The fourth-order valence-corrected chi connectivity index (χ4v) is 3.71. The van der Waals surface area contributed by atoms with Crippen LogP contribution in [0.5, 0.6) is 0 Å². The first-order valence-electron chi connectivity index (χ1n) is 9.44. The number of nitrogens with one attached hydrogen (secondary N) is 1. The van der Waals surface area contributed by atoms with Crippen LogP contribution in [0.25, 0.3) is 11.0 Å². The molecule has 4 heterocycles. The van der Waals surface area contributed by atoms with Gasteiger partial charge in [-0.15, -0.1) is 0 Å². The highest BCUT2D eigenvalue weighted by Crippen LogP contribution is 2.20. The van der Waals surface area contributed by atoms with Gasteiger partial charge in [0.25, 0.3) is 0 Å². The van der Waals surface area contributed by atoms with Crippen LogP contribution in [0.2, 0.25) is 0 Å². The number of hydrogen-bond acceptors (Lipinski definition) is 5. The number of hydrogen-bond donors (Lipinski definition) is 1. The number of aryl methyl sites for hydroxylation is 1. The Bertz CT molecular complexity index is 985. The molecule has 1 fully saturated rings. The van der Waals surface area contributed by atoms with Gasteiger partial charge in [0.05, 0.1) is 37.2 Å². The molecule has 0 bridgehead atoms. The van der Waals surface area contributed by atoms with Crippen molar-refractivity contribution in [2.75, 3.05) is 32.8 Å². The number of aromatic nitrogens is 4. The smallest absolute Gasteiger partial charge is 0.145 e. The Hall–Kier alpha value is -2.51. The Morgan fingerprint density at radius 1 is 1.11 bits per heavy atom. The van der Waals surface area contributed by atoms with E-state index in [4.69, 9.17) is 15.1 Å². The van der Waals surface area contributed by atoms with Gasteiger partial charge in [-0.25, -0.2) is 4.98 Å². The molecule has 0 amide bonds. The van der Waals surface area contributed by atoms with Crippen LogP contribution in [0, 0.1) is 19.3 Å². The van der Waals surface area contributed by atoms with Gasteiger partial charge in [-0.05, 0) is 31.5 Å². The number of ether oxygens (including phenoxy) is 1. The summed E-state index contributed by atoms with van der Waals surface area (Å²) in [5.74, 6) is 0. The fourth-order valence-electron chi connectivity index (χ4n) is 3.71. The standard InChI is InChI=1S/C20H26N6O/c1-15-16(2)26(8-7-24-9-11-27-12-10-24)20-18(15)19(21)25(14-23-20)13-17-5-3-4-6-22-17/h3-6,14,21H,7-13H2,1-2H3. The average Bonchev–Trinajstić information content (AvgIpc) is 2.95. The van der Waals surface area contributed by atoms with E-state index in [0.29, 0.717) is 12.0 Å². The molecule has 0 spiro atoms. The summed E-state index contributed by atoms with van der Waals surface area (Å²) in [5, 5.41) is 9.66. The Kier molecular flexibility index (Phi) is 5.05. The first-order chi connectivity index (χ1) is 13.1. The van der Waals surface area contributed by atoms with Crippen molar-refractivity contribution in [3.05, 3.63) is 53.2 Å². The number of fused-ring (bicyclic) bond motifs is 1. The van der Waals surface area contributed by atoms with Crippen molar-refractivity contribution in [2.24, 2.45) is 0 Å². The molecule has 1 aliphatic rings. The van der Waals surface area contributed by atoms with Gasteiger partial charge in [0.2, 0.25) is 0 Å². The zero-order chi connectivity index (χ0) is 18.8. The van der Waals surface area contributed by atoms with E-state index in [1.807, 2.05) is 22.8 Å². The minimum absolute atomic E-state index is 0.497. The van der Waals surface area contributed by atoms with Gasteiger partial charge in [0, 0.05) is 38.1 Å². The molecule has 0 aliphatic carbocycles. The normalized spacial score (nSPS) is 15.5. The minimum Gasteiger partial charge on any atom is -0.379 e. The van der Waals surface area contributed by atoms with Crippen LogP contribution in [0.4, 0.5) is 0 Å². The van der Waals surface area contributed by atoms with Crippen molar-refractivity contribution >= 4 is 11.0 Å². The molecule has 0 aromatic carbocycles. The summed E-state index contributed by atoms with van der Waals surface area (Å²) in [5.41, 5.74) is 4.66. The molecule has 3 aromatic heterocycles. The lowest BCUT2D eigenvalue weighted by Crippen LogP contribution is -2.38. The quantitative estimate of drug-likeness (QED) is 0.746. The predicted molar refractivity (Wildman–Crippen MR) is 104 cm³/mol. The lowest BCUT2D eigenvalue weighted by atomic mass is 10.2. The zero-order valence-electron chi connectivity index (χ0n) is 16.0. The second kappa shape index (κ2) is 7.62. The lowest BCUT2D eigenvalue weighted by molar-refractivity contribution is 0.0364. The topological polar surface area (TPSA) is 72.0 Å². The largest absolute Gasteiger partial charge is 0.379 e. The number of pyridine rings is 1. The molecular weight excluding hydrogens is 340 g/mol. The fraction of sp³-hybridized carbons (Fsp3) is 0.450. The van der Waals surface area contributed by atoms with Crippen LogP contribution in [0.1, 0.15) is 17.0 Å². The maximum atomic E-state index is 8.72. The summed E-state index contributed by atoms with van der Waals surface area (Å²) < 4.78 is 9.55. The highest BCUT2D eigenvalue weighted by molar-refractivity contribution is 5.80. The number of nitrogens with zero attached hydrogens (tertiary/aromatic N) is 5. The van der Waals surface area contributed by atoms with Crippen molar-refractivity contribution < 1.29 is 4.74 Å². The van der Waals surface area contributed by atoms with Gasteiger partial charge >= 0.3 is 0 Å². The summed E-state index contributed by atoms with van der Waals surface area (Å²) in [6, 6.07) is 5.84. The van der Waals surface area contributed by atoms with Crippen LogP contribution < -0.4 is 5.49 Å². The summed E-state index contributed by atoms with van der Waals surface area (Å²) in [6.45, 7) is 10.2. The molecule has 0 saturated carbocycles. The molecule has 0 radical (unpaired) electrons. The third-order valence-corrected chi connectivity index (χ3v) is 5.45. The van der Waals surface area contributed by atoms with E-state index in [1.54, 1.807) is 12.5 Å². The minimum atomic E-state index is 0.497. The van der Waals surface area contributed by atoms with Gasteiger partial charge in [0.1, 0.15) is 11.1 Å². The van der Waals surface area contributed by atoms with Gasteiger partial charge in [-0.2, -0.15) is 0 Å². The van der Waals surface area contributed by atoms with E-state index in [-0.39, 0.29) is 0 Å². The summed E-state index contributed by atoms with van der Waals surface area (Å²) in [4.78, 5) is 11.5. The Labute approximate surface area is 158 Å². The maximum absolute atomic E-state index is 8.72. The average molecular weight is 366 g/mol. The van der Waals surface area contributed by atoms with Gasteiger partial charge in [-0.1, -0.05) is 6.07 Å². The molecule has 0 unspecified atom stereocenters. The summed E-state index contributed by atoms with van der Waals surface area (Å²) in [7, 11) is 0. The van der Waals surface area contributed by atoms with Crippen molar-refractivity contribution in [3.8, 4) is 0 Å². The number of morpholine rings is 1. The zero-order valence-corrected chi connectivity index (χ0v) is 16.0. The molecule has 1 aliphatic heterocycles. The SMILES string of the molecule is Cc1c(C)n(CCN2CCOCC2)c2ncn(Cc3ccccn3)c(=N)c12. The van der Waals surface area contributed by atoms with Crippen LogP contribution in [-0.4, -0.2) is 56.9 Å². The lowest BCUT2D eigenvalue weighted by Gasteiger charge is -2.26. The maximum Gasteiger partial charge on any atom is 0.145 e. The van der Waals surface area contributed by atoms with E-state index in [1.165, 1.54) is 5.69 Å². The Morgan fingerprint density at radius 3 is 2.67 bits per heavy atom. The van der Waals surface area contributed by atoms with E-state index >= 15 is 0 Å². The Morgan fingerprint density at radius 2 is 1.93 bits per heavy atom. The Balaban J connectivity index is 1.65. The monoisotopic (exact) mass is 366 g/mol. The highest BCUT2D eigenvalue weighted by Gasteiger charge is 2.17. The van der Waals surface area contributed by atoms with Crippen LogP contribution in [0.15, 0.2) is 30.7 Å². The second-order valence-electron chi connectivity index (χ2n) is 7.06. The van der Waals surface area contributed by atoms with Crippen LogP contribution in [0.3, 0.4) is 0 Å². The third-order valence-electron chi connectivity index (χ3n) is 5.45. The highest BCUT2D eigenvalue weighted by atomic mass is 16.5. The molecule has 7 heteroatoms. The molecule has 1 saturated heterocycles. The molecule has 4 rings (SSSR count). The van der Waals surface area contributed by atoms with Crippen molar-refractivity contribution in [2.45, 2.75) is 26.9 Å². The molecule has 0 atom stereocenters. The molecule has 27 heavy (non-hydrogen) atoms. The second-order valence-corrected chi connectivity index (χ2v) is 7.06. The van der Waals surface area contributed by atoms with E-state index in [0.717, 1.165) is 61.7 Å².